The van der Waals surface area contributed by atoms with Crippen molar-refractivity contribution in [2.75, 3.05) is 6.54 Å². The van der Waals surface area contributed by atoms with Gasteiger partial charge in [0.2, 0.25) is 5.91 Å². The zero-order valence-corrected chi connectivity index (χ0v) is 11.5. The first-order chi connectivity index (χ1) is 9.60. The topological polar surface area (TPSA) is 99.7 Å². The predicted octanol–water partition coefficient (Wildman–Crippen LogP) is 0.458. The highest BCUT2D eigenvalue weighted by Gasteiger charge is 2.19. The Morgan fingerprint density at radius 3 is 3.00 bits per heavy atom. The number of aryl methyl sites for hydroxylation is 1. The summed E-state index contributed by atoms with van der Waals surface area (Å²) in [5.41, 5.74) is 8.50. The Labute approximate surface area is 118 Å². The van der Waals surface area contributed by atoms with E-state index < -0.39 is 0 Å². The van der Waals surface area contributed by atoms with E-state index >= 15 is 0 Å². The molecule has 1 fully saturated rings. The van der Waals surface area contributed by atoms with Crippen LogP contribution >= 0.6 is 0 Å². The molecule has 1 aliphatic rings. The fourth-order valence-electron chi connectivity index (χ4n) is 2.32. The molecule has 0 saturated carbocycles. The van der Waals surface area contributed by atoms with E-state index in [9.17, 15) is 4.79 Å². The Morgan fingerprint density at radius 2 is 2.40 bits per heavy atom. The molecule has 0 bridgehead atoms. The Balaban J connectivity index is 1.88. The number of hydrogen-bond donors (Lipinski definition) is 4. The molecular weight excluding hydrogens is 256 g/mol. The second-order valence-electron chi connectivity index (χ2n) is 5.06. The molecule has 108 valence electrons. The van der Waals surface area contributed by atoms with Crippen LogP contribution in [0.15, 0.2) is 23.4 Å². The summed E-state index contributed by atoms with van der Waals surface area (Å²) in [6.45, 7) is 3.49. The Hall–Kier alpha value is -2.08. The standard InChI is InChI=1S/C14H20N4O2/c1-9-6-10(14(15)18-20)2-3-11(9)7-16-8-12-4-5-13(19)17-12/h2-3,6,12,16,20H,4-5,7-8H2,1H3,(H2,15,18)(H,17,19). The molecule has 0 aliphatic carbocycles. The smallest absolute Gasteiger partial charge is 0.220 e. The normalized spacial score (nSPS) is 19.1. The summed E-state index contributed by atoms with van der Waals surface area (Å²) in [6.07, 6.45) is 1.52. The van der Waals surface area contributed by atoms with Crippen molar-refractivity contribution < 1.29 is 10.0 Å². The average molecular weight is 276 g/mol. The molecule has 6 heteroatoms. The van der Waals surface area contributed by atoms with Gasteiger partial charge in [-0.25, -0.2) is 0 Å². The lowest BCUT2D eigenvalue weighted by molar-refractivity contribution is -0.119. The van der Waals surface area contributed by atoms with Crippen LogP contribution in [0.4, 0.5) is 0 Å². The third kappa shape index (κ3) is 3.48. The van der Waals surface area contributed by atoms with E-state index in [0.29, 0.717) is 12.0 Å². The van der Waals surface area contributed by atoms with E-state index in [4.69, 9.17) is 10.9 Å². The molecule has 20 heavy (non-hydrogen) atoms. The lowest BCUT2D eigenvalue weighted by atomic mass is 10.0. The number of nitrogens with zero attached hydrogens (tertiary/aromatic N) is 1. The molecule has 2 rings (SSSR count). The van der Waals surface area contributed by atoms with Gasteiger partial charge in [-0.15, -0.1) is 0 Å². The minimum Gasteiger partial charge on any atom is -0.409 e. The van der Waals surface area contributed by atoms with Crippen LogP contribution in [-0.4, -0.2) is 29.5 Å². The van der Waals surface area contributed by atoms with Gasteiger partial charge in [-0.1, -0.05) is 17.3 Å². The van der Waals surface area contributed by atoms with Gasteiger partial charge in [0.1, 0.15) is 0 Å². The lowest BCUT2D eigenvalue weighted by Gasteiger charge is -2.13. The van der Waals surface area contributed by atoms with Crippen LogP contribution in [0.5, 0.6) is 0 Å². The second-order valence-corrected chi connectivity index (χ2v) is 5.06. The van der Waals surface area contributed by atoms with Gasteiger partial charge < -0.3 is 21.6 Å². The molecule has 1 atom stereocenters. The van der Waals surface area contributed by atoms with Crippen LogP contribution in [-0.2, 0) is 11.3 Å². The molecule has 1 aromatic rings. The largest absolute Gasteiger partial charge is 0.409 e. The third-order valence-corrected chi connectivity index (χ3v) is 3.54. The van der Waals surface area contributed by atoms with Crippen molar-refractivity contribution in [3.8, 4) is 0 Å². The van der Waals surface area contributed by atoms with Crippen molar-refractivity contribution in [1.82, 2.24) is 10.6 Å². The van der Waals surface area contributed by atoms with E-state index in [1.807, 2.05) is 25.1 Å². The maximum atomic E-state index is 11.1. The van der Waals surface area contributed by atoms with E-state index in [1.165, 1.54) is 0 Å². The van der Waals surface area contributed by atoms with Crippen LogP contribution in [0.1, 0.15) is 29.5 Å². The predicted molar refractivity (Wildman–Crippen MR) is 76.6 cm³/mol. The molecule has 1 aromatic carbocycles. The van der Waals surface area contributed by atoms with Crippen molar-refractivity contribution in [3.63, 3.8) is 0 Å². The molecule has 1 saturated heterocycles. The number of amides is 1. The van der Waals surface area contributed by atoms with Gasteiger partial charge in [0, 0.05) is 31.1 Å². The molecule has 1 amide bonds. The number of oxime groups is 1. The molecule has 1 heterocycles. The van der Waals surface area contributed by atoms with Crippen LogP contribution in [0.2, 0.25) is 0 Å². The van der Waals surface area contributed by atoms with Gasteiger partial charge in [-0.3, -0.25) is 4.79 Å². The zero-order valence-electron chi connectivity index (χ0n) is 11.5. The lowest BCUT2D eigenvalue weighted by Crippen LogP contribution is -2.35. The van der Waals surface area contributed by atoms with E-state index in [0.717, 1.165) is 30.6 Å². The fraction of sp³-hybridized carbons (Fsp3) is 0.429. The van der Waals surface area contributed by atoms with Gasteiger partial charge in [-0.2, -0.15) is 0 Å². The highest BCUT2D eigenvalue weighted by molar-refractivity contribution is 5.97. The molecule has 0 radical (unpaired) electrons. The first-order valence-electron chi connectivity index (χ1n) is 6.67. The van der Waals surface area contributed by atoms with E-state index in [2.05, 4.69) is 15.8 Å². The number of carbonyl (C=O) groups is 1. The average Bonchev–Trinajstić information content (AvgIpc) is 2.85. The monoisotopic (exact) mass is 276 g/mol. The third-order valence-electron chi connectivity index (χ3n) is 3.54. The van der Waals surface area contributed by atoms with Crippen molar-refractivity contribution >= 4 is 11.7 Å². The second kappa shape index (κ2) is 6.38. The highest BCUT2D eigenvalue weighted by atomic mass is 16.4. The van der Waals surface area contributed by atoms with Crippen molar-refractivity contribution in [2.24, 2.45) is 10.9 Å². The van der Waals surface area contributed by atoms with Crippen LogP contribution in [0.25, 0.3) is 0 Å². The molecule has 1 unspecified atom stereocenters. The van der Waals surface area contributed by atoms with Gasteiger partial charge in [0.05, 0.1) is 0 Å². The quantitative estimate of drug-likeness (QED) is 0.272. The summed E-state index contributed by atoms with van der Waals surface area (Å²) < 4.78 is 0. The molecular formula is C14H20N4O2. The molecule has 0 aromatic heterocycles. The van der Waals surface area contributed by atoms with Gasteiger partial charge >= 0.3 is 0 Å². The SMILES string of the molecule is Cc1cc(/C(N)=N/O)ccc1CNCC1CCC(=O)N1. The number of nitrogens with one attached hydrogen (secondary N) is 2. The first kappa shape index (κ1) is 14.3. The summed E-state index contributed by atoms with van der Waals surface area (Å²) in [6, 6.07) is 5.92. The molecule has 1 aliphatic heterocycles. The van der Waals surface area contributed by atoms with Crippen LogP contribution < -0.4 is 16.4 Å². The number of rotatable bonds is 5. The number of nitrogens with two attached hydrogens (primary N) is 1. The molecule has 0 spiro atoms. The fourth-order valence-corrected chi connectivity index (χ4v) is 2.32. The summed E-state index contributed by atoms with van der Waals surface area (Å²) in [5.74, 6) is 0.248. The minimum absolute atomic E-state index is 0.112. The van der Waals surface area contributed by atoms with Crippen molar-refractivity contribution in [3.05, 3.63) is 34.9 Å². The van der Waals surface area contributed by atoms with Gasteiger partial charge in [-0.05, 0) is 30.5 Å². The summed E-state index contributed by atoms with van der Waals surface area (Å²) >= 11 is 0. The van der Waals surface area contributed by atoms with E-state index in [1.54, 1.807) is 0 Å². The Morgan fingerprint density at radius 1 is 1.60 bits per heavy atom. The number of hydrogen-bond acceptors (Lipinski definition) is 4. The molecule has 5 N–H and O–H groups in total. The maximum Gasteiger partial charge on any atom is 0.220 e. The number of amidine groups is 1. The van der Waals surface area contributed by atoms with Crippen LogP contribution in [0.3, 0.4) is 0 Å². The summed E-state index contributed by atoms with van der Waals surface area (Å²) in [5, 5.41) is 17.9. The van der Waals surface area contributed by atoms with Crippen molar-refractivity contribution in [2.45, 2.75) is 32.4 Å². The Bertz CT molecular complexity index is 528. The minimum atomic E-state index is 0.112. The molecule has 6 nitrogen and oxygen atoms in total. The highest BCUT2D eigenvalue weighted by Crippen LogP contribution is 2.11. The summed E-state index contributed by atoms with van der Waals surface area (Å²) in [4.78, 5) is 11.1. The maximum absolute atomic E-state index is 11.1. The summed E-state index contributed by atoms with van der Waals surface area (Å²) in [7, 11) is 0. The van der Waals surface area contributed by atoms with E-state index in [-0.39, 0.29) is 17.8 Å². The Kier molecular flexibility index (Phi) is 4.57. The van der Waals surface area contributed by atoms with Crippen molar-refractivity contribution in [1.29, 1.82) is 0 Å². The zero-order chi connectivity index (χ0) is 14.5. The van der Waals surface area contributed by atoms with Crippen LogP contribution in [0, 0.1) is 6.92 Å². The number of carbonyl (C=O) groups excluding carboxylic acids is 1. The first-order valence-corrected chi connectivity index (χ1v) is 6.67. The van der Waals surface area contributed by atoms with Gasteiger partial charge in [0.25, 0.3) is 0 Å². The number of benzene rings is 1. The van der Waals surface area contributed by atoms with Gasteiger partial charge in [0.15, 0.2) is 5.84 Å².